The normalized spacial score (nSPS) is 13.7. The third-order valence-corrected chi connectivity index (χ3v) is 3.67. The Balaban J connectivity index is 2.53. The summed E-state index contributed by atoms with van der Waals surface area (Å²) in [5.41, 5.74) is -3.14. The molecule has 1 heterocycles. The summed E-state index contributed by atoms with van der Waals surface area (Å²) in [7, 11) is 1.06. The molecule has 1 aliphatic rings. The minimum Gasteiger partial charge on any atom is -0.466 e. The van der Waals surface area contributed by atoms with Crippen molar-refractivity contribution in [3.8, 4) is 0 Å². The molecule has 0 aliphatic carbocycles. The van der Waals surface area contributed by atoms with Gasteiger partial charge in [-0.05, 0) is 0 Å². The first-order chi connectivity index (χ1) is 12.7. The molecule has 0 saturated carbocycles. The number of hydrogen-bond acceptors (Lipinski definition) is 9. The number of carbonyl (C=O) groups excluding carboxylic acids is 2. The fourth-order valence-corrected chi connectivity index (χ4v) is 2.43. The predicted molar refractivity (Wildman–Crippen MR) is 86.0 cm³/mol. The van der Waals surface area contributed by atoms with Crippen LogP contribution in [-0.4, -0.2) is 58.5 Å². The molecule has 1 aliphatic heterocycles. The summed E-state index contributed by atoms with van der Waals surface area (Å²) in [6.07, 6.45) is 0. The average Bonchev–Trinajstić information content (AvgIpc) is 2.90. The number of anilines is 1. The zero-order chi connectivity index (χ0) is 20.3. The van der Waals surface area contributed by atoms with Crippen LogP contribution in [0.15, 0.2) is 23.4 Å². The molecule has 12 nitrogen and oxygen atoms in total. The number of benzene rings is 1. The zero-order valence-electron chi connectivity index (χ0n) is 13.8. The number of esters is 1. The lowest BCUT2D eigenvalue weighted by Gasteiger charge is -2.15. The van der Waals surface area contributed by atoms with E-state index in [-0.39, 0.29) is 18.7 Å². The second kappa shape index (κ2) is 7.74. The van der Waals surface area contributed by atoms with Gasteiger partial charge in [0.1, 0.15) is 11.4 Å². The summed E-state index contributed by atoms with van der Waals surface area (Å²) in [6, 6.07) is 0.890. The molecule has 27 heavy (non-hydrogen) atoms. The van der Waals surface area contributed by atoms with Gasteiger partial charge in [0.15, 0.2) is 0 Å². The quantitative estimate of drug-likeness (QED) is 0.382. The van der Waals surface area contributed by atoms with Crippen molar-refractivity contribution in [3.05, 3.63) is 49.4 Å². The average molecular weight is 384 g/mol. The highest BCUT2D eigenvalue weighted by Crippen LogP contribution is 2.34. The second-order valence-corrected chi connectivity index (χ2v) is 5.26. The minimum absolute atomic E-state index is 0.124. The van der Waals surface area contributed by atoms with Gasteiger partial charge in [0.05, 0.1) is 41.7 Å². The highest BCUT2D eigenvalue weighted by atomic mass is 19.1. The molecule has 0 unspecified atom stereocenters. The number of ether oxygens (including phenoxy) is 1. The van der Waals surface area contributed by atoms with Gasteiger partial charge in [0.25, 0.3) is 11.6 Å². The SMILES string of the molecule is COC(=O)C1=C(Nc2cc(F)c([N+](=O)[O-])cc2[N+](=O)[O-])C(=O)N(CCO)C1. The number of nitro groups is 2. The maximum absolute atomic E-state index is 13.9. The van der Waals surface area contributed by atoms with Crippen LogP contribution in [0.3, 0.4) is 0 Å². The first-order valence-corrected chi connectivity index (χ1v) is 7.32. The van der Waals surface area contributed by atoms with Crippen molar-refractivity contribution in [2.24, 2.45) is 0 Å². The molecule has 1 aromatic rings. The summed E-state index contributed by atoms with van der Waals surface area (Å²) >= 11 is 0. The fourth-order valence-electron chi connectivity index (χ4n) is 2.43. The molecule has 0 bridgehead atoms. The van der Waals surface area contributed by atoms with Crippen LogP contribution in [0.25, 0.3) is 0 Å². The number of aliphatic hydroxyl groups is 1. The summed E-state index contributed by atoms with van der Waals surface area (Å²) < 4.78 is 18.4. The highest BCUT2D eigenvalue weighted by Gasteiger charge is 2.36. The van der Waals surface area contributed by atoms with Gasteiger partial charge in [0.2, 0.25) is 5.82 Å². The zero-order valence-corrected chi connectivity index (χ0v) is 13.8. The lowest BCUT2D eigenvalue weighted by molar-refractivity contribution is -0.395. The van der Waals surface area contributed by atoms with E-state index in [1.165, 1.54) is 0 Å². The molecule has 0 atom stereocenters. The van der Waals surface area contributed by atoms with Gasteiger partial charge in [-0.3, -0.25) is 25.0 Å². The van der Waals surface area contributed by atoms with E-state index in [1.54, 1.807) is 0 Å². The number of nitrogens with zero attached hydrogens (tertiary/aromatic N) is 3. The smallest absolute Gasteiger partial charge is 0.337 e. The van der Waals surface area contributed by atoms with Crippen LogP contribution in [0.1, 0.15) is 0 Å². The molecule has 2 N–H and O–H groups in total. The Labute approximate surface area is 150 Å². The standard InChI is InChI=1S/C14H13FN4O8/c1-27-14(22)7-6-17(2-3-20)13(21)12(7)16-9-4-8(15)10(18(23)24)5-11(9)19(25)26/h4-5,16,20H,2-3,6H2,1H3. The molecule has 0 fully saturated rings. The van der Waals surface area contributed by atoms with Gasteiger partial charge in [-0.15, -0.1) is 0 Å². The molecule has 1 amide bonds. The molecule has 0 saturated heterocycles. The van der Waals surface area contributed by atoms with Crippen molar-refractivity contribution in [2.45, 2.75) is 0 Å². The Morgan fingerprint density at radius 3 is 2.48 bits per heavy atom. The lowest BCUT2D eigenvalue weighted by atomic mass is 10.2. The largest absolute Gasteiger partial charge is 0.466 e. The Kier molecular flexibility index (Phi) is 5.65. The fraction of sp³-hybridized carbons (Fsp3) is 0.286. The van der Waals surface area contributed by atoms with E-state index in [2.05, 4.69) is 10.1 Å². The number of β-amino-alcohol motifs (C(OH)–C–C–N with tert-alkyl or cyclic N) is 1. The molecule has 0 radical (unpaired) electrons. The Bertz CT molecular complexity index is 869. The van der Waals surface area contributed by atoms with E-state index in [9.17, 15) is 34.2 Å². The van der Waals surface area contributed by atoms with Crippen LogP contribution in [0.5, 0.6) is 0 Å². The number of hydrogen-bond donors (Lipinski definition) is 2. The van der Waals surface area contributed by atoms with Gasteiger partial charge in [-0.1, -0.05) is 0 Å². The molecular weight excluding hydrogens is 371 g/mol. The van der Waals surface area contributed by atoms with Gasteiger partial charge in [-0.2, -0.15) is 4.39 Å². The Morgan fingerprint density at radius 2 is 1.96 bits per heavy atom. The van der Waals surface area contributed by atoms with Gasteiger partial charge < -0.3 is 20.1 Å². The van der Waals surface area contributed by atoms with Crippen LogP contribution in [0.2, 0.25) is 0 Å². The van der Waals surface area contributed by atoms with Crippen molar-refractivity contribution < 1.29 is 33.7 Å². The first-order valence-electron chi connectivity index (χ1n) is 7.32. The monoisotopic (exact) mass is 384 g/mol. The summed E-state index contributed by atoms with van der Waals surface area (Å²) in [5.74, 6) is -3.06. The number of nitrogens with one attached hydrogen (secondary N) is 1. The first kappa shape index (κ1) is 19.7. The van der Waals surface area contributed by atoms with Crippen molar-refractivity contribution >= 4 is 28.9 Å². The van der Waals surface area contributed by atoms with Gasteiger partial charge >= 0.3 is 11.7 Å². The van der Waals surface area contributed by atoms with Crippen molar-refractivity contribution in [3.63, 3.8) is 0 Å². The Morgan fingerprint density at radius 1 is 1.33 bits per heavy atom. The maximum Gasteiger partial charge on any atom is 0.337 e. The van der Waals surface area contributed by atoms with Crippen molar-refractivity contribution in [1.82, 2.24) is 4.90 Å². The topological polar surface area (TPSA) is 165 Å². The number of amides is 1. The number of methoxy groups -OCH3 is 1. The number of rotatable bonds is 7. The van der Waals surface area contributed by atoms with E-state index in [4.69, 9.17) is 5.11 Å². The van der Waals surface area contributed by atoms with E-state index >= 15 is 0 Å². The Hall–Kier alpha value is -3.61. The minimum atomic E-state index is -1.37. The summed E-state index contributed by atoms with van der Waals surface area (Å²) in [5, 5.41) is 33.2. The van der Waals surface area contributed by atoms with Gasteiger partial charge in [-0.25, -0.2) is 4.79 Å². The van der Waals surface area contributed by atoms with E-state index in [0.717, 1.165) is 12.0 Å². The molecule has 0 spiro atoms. The molecule has 2 rings (SSSR count). The predicted octanol–water partition coefficient (Wildman–Crippen LogP) is 0.316. The highest BCUT2D eigenvalue weighted by molar-refractivity contribution is 6.08. The molecule has 13 heteroatoms. The van der Waals surface area contributed by atoms with Gasteiger partial charge in [0, 0.05) is 12.6 Å². The van der Waals surface area contributed by atoms with Crippen LogP contribution in [0.4, 0.5) is 21.5 Å². The molecule has 1 aromatic carbocycles. The molecular formula is C14H13FN4O8. The van der Waals surface area contributed by atoms with E-state index in [0.29, 0.717) is 12.1 Å². The van der Waals surface area contributed by atoms with Crippen molar-refractivity contribution in [1.29, 1.82) is 0 Å². The van der Waals surface area contributed by atoms with Crippen LogP contribution < -0.4 is 5.32 Å². The number of halogens is 1. The number of aliphatic hydroxyl groups excluding tert-OH is 1. The van der Waals surface area contributed by atoms with E-state index in [1.807, 2.05) is 0 Å². The van der Waals surface area contributed by atoms with Crippen LogP contribution in [-0.2, 0) is 14.3 Å². The molecule has 0 aromatic heterocycles. The van der Waals surface area contributed by atoms with Crippen LogP contribution in [0, 0.1) is 26.0 Å². The molecule has 144 valence electrons. The van der Waals surface area contributed by atoms with Crippen LogP contribution >= 0.6 is 0 Å². The van der Waals surface area contributed by atoms with E-state index < -0.39 is 56.9 Å². The van der Waals surface area contributed by atoms with Crippen molar-refractivity contribution in [2.75, 3.05) is 32.1 Å². The third-order valence-electron chi connectivity index (χ3n) is 3.67. The third kappa shape index (κ3) is 3.82. The lowest BCUT2D eigenvalue weighted by Crippen LogP contribution is -2.31. The number of nitro benzene ring substituents is 2. The summed E-state index contributed by atoms with van der Waals surface area (Å²) in [4.78, 5) is 45.2. The second-order valence-electron chi connectivity index (χ2n) is 5.26. The number of carbonyl (C=O) groups is 2. The maximum atomic E-state index is 13.9. The summed E-state index contributed by atoms with van der Waals surface area (Å²) in [6.45, 7) is -0.765.